The molecule has 0 spiro atoms. The predicted molar refractivity (Wildman–Crippen MR) is 87.7 cm³/mol. The number of urea groups is 1. The lowest BCUT2D eigenvalue weighted by atomic mass is 9.99. The first-order valence-corrected chi connectivity index (χ1v) is 8.12. The van der Waals surface area contributed by atoms with Gasteiger partial charge in [0.25, 0.3) is 5.84 Å². The first-order chi connectivity index (χ1) is 10.8. The van der Waals surface area contributed by atoms with E-state index >= 15 is 0 Å². The van der Waals surface area contributed by atoms with E-state index in [0.29, 0.717) is 12.3 Å². The molecule has 0 aromatic carbocycles. The predicted octanol–water partition coefficient (Wildman–Crippen LogP) is 1.28. The number of allylic oxidation sites excluding steroid dienone is 1. The van der Waals surface area contributed by atoms with Crippen molar-refractivity contribution in [3.8, 4) is 0 Å². The number of imide groups is 1. The number of dihydropyridines is 1. The third-order valence-electron chi connectivity index (χ3n) is 3.90. The number of hydrogen-bond donors (Lipinski definition) is 0. The third-order valence-corrected chi connectivity index (χ3v) is 5.52. The van der Waals surface area contributed by atoms with E-state index in [2.05, 4.69) is 4.99 Å². The number of hydrogen-bond acceptors (Lipinski definition) is 6. The van der Waals surface area contributed by atoms with Gasteiger partial charge in [-0.25, -0.2) is 4.79 Å². The van der Waals surface area contributed by atoms with Gasteiger partial charge in [-0.15, -0.1) is 16.8 Å². The van der Waals surface area contributed by atoms with Crippen LogP contribution in [0.3, 0.4) is 0 Å². The first-order valence-electron chi connectivity index (χ1n) is 7.24. The van der Waals surface area contributed by atoms with Crippen LogP contribution in [0.25, 0.3) is 0 Å². The van der Waals surface area contributed by atoms with Crippen molar-refractivity contribution in [2.45, 2.75) is 25.5 Å². The highest BCUT2D eigenvalue weighted by Crippen LogP contribution is 2.37. The van der Waals surface area contributed by atoms with E-state index in [1.165, 1.54) is 30.5 Å². The molecule has 2 rings (SSSR count). The quantitative estimate of drug-likeness (QED) is 0.570. The number of amides is 3. The van der Waals surface area contributed by atoms with Gasteiger partial charge in [-0.3, -0.25) is 9.59 Å². The Morgan fingerprint density at radius 1 is 1.52 bits per heavy atom. The van der Waals surface area contributed by atoms with Crippen LogP contribution in [0.15, 0.2) is 15.5 Å². The van der Waals surface area contributed by atoms with Gasteiger partial charge in [0.05, 0.1) is 21.2 Å². The number of ether oxygens (including phenoxy) is 1. The fourth-order valence-electron chi connectivity index (χ4n) is 2.50. The zero-order valence-electron chi connectivity index (χ0n) is 13.8. The summed E-state index contributed by atoms with van der Waals surface area (Å²) in [6.07, 6.45) is 2.20. The van der Waals surface area contributed by atoms with Crippen LogP contribution < -0.4 is 0 Å². The molecule has 2 unspecified atom stereocenters. The molecule has 0 saturated heterocycles. The molecule has 2 atom stereocenters. The average Bonchev–Trinajstić information content (AvgIpc) is 2.56. The summed E-state index contributed by atoms with van der Waals surface area (Å²) in [5.74, 6) is -0.924. The summed E-state index contributed by atoms with van der Waals surface area (Å²) in [6.45, 7) is 3.73. The molecule has 7 nitrogen and oxygen atoms in total. The maximum Gasteiger partial charge on any atom is 0.445 e. The third kappa shape index (κ3) is 2.95. The molecule has 0 aromatic rings. The zero-order valence-corrected chi connectivity index (χ0v) is 14.6. The van der Waals surface area contributed by atoms with Crippen LogP contribution in [0.1, 0.15) is 20.3 Å². The highest BCUT2D eigenvalue weighted by molar-refractivity contribution is 8.04. The molecular formula is C15H20N3O4S+. The molecule has 2 heterocycles. The van der Waals surface area contributed by atoms with Crippen molar-refractivity contribution in [3.05, 3.63) is 10.5 Å². The molecule has 3 amide bonds. The van der Waals surface area contributed by atoms with E-state index < -0.39 is 17.2 Å². The summed E-state index contributed by atoms with van der Waals surface area (Å²) in [5, 5.41) is -0.404. The largest absolute Gasteiger partial charge is 0.468 e. The van der Waals surface area contributed by atoms with Gasteiger partial charge >= 0.3 is 17.9 Å². The van der Waals surface area contributed by atoms with E-state index in [4.69, 9.17) is 4.74 Å². The second-order valence-electron chi connectivity index (χ2n) is 5.37. The van der Waals surface area contributed by atoms with Crippen molar-refractivity contribution < 1.29 is 23.7 Å². The van der Waals surface area contributed by atoms with E-state index in [1.807, 2.05) is 13.8 Å². The maximum absolute atomic E-state index is 12.6. The lowest BCUT2D eigenvalue weighted by Crippen LogP contribution is -2.52. The number of thioether (sulfide) groups is 1. The van der Waals surface area contributed by atoms with Gasteiger partial charge in [0.1, 0.15) is 11.5 Å². The number of nitrogens with zero attached hydrogens (tertiary/aromatic N) is 3. The Morgan fingerprint density at radius 3 is 2.74 bits per heavy atom. The van der Waals surface area contributed by atoms with Gasteiger partial charge in [0.2, 0.25) is 0 Å². The summed E-state index contributed by atoms with van der Waals surface area (Å²) < 4.78 is 6.19. The molecule has 0 fully saturated rings. The smallest absolute Gasteiger partial charge is 0.445 e. The number of carbonyl (C=O) groups is 3. The molecule has 23 heavy (non-hydrogen) atoms. The Labute approximate surface area is 139 Å². The number of rotatable bonds is 4. The molecule has 0 bridgehead atoms. The highest BCUT2D eigenvalue weighted by Gasteiger charge is 2.48. The van der Waals surface area contributed by atoms with Crippen molar-refractivity contribution in [3.63, 3.8) is 0 Å². The minimum atomic E-state index is -0.656. The SMILES string of the molecule is CCC(SC1=C(C)C=NC2=[N+](C)C(=O)N(C)C(=O)C12)C(=O)OC. The van der Waals surface area contributed by atoms with Gasteiger partial charge in [-0.05, 0) is 18.9 Å². The minimum absolute atomic E-state index is 0.331. The van der Waals surface area contributed by atoms with Gasteiger partial charge in [-0.2, -0.15) is 9.48 Å². The second kappa shape index (κ2) is 6.66. The van der Waals surface area contributed by atoms with Crippen molar-refractivity contribution in [1.82, 2.24) is 4.90 Å². The van der Waals surface area contributed by atoms with Gasteiger partial charge in [0.15, 0.2) is 5.92 Å². The Morgan fingerprint density at radius 2 is 2.17 bits per heavy atom. The fraction of sp³-hybridized carbons (Fsp3) is 0.533. The van der Waals surface area contributed by atoms with Crippen LogP contribution in [0.2, 0.25) is 0 Å². The monoisotopic (exact) mass is 338 g/mol. The molecule has 0 saturated carbocycles. The van der Waals surface area contributed by atoms with E-state index in [-0.39, 0.29) is 11.9 Å². The van der Waals surface area contributed by atoms with Gasteiger partial charge < -0.3 is 4.74 Å². The fourth-order valence-corrected chi connectivity index (χ4v) is 3.75. The molecule has 8 heteroatoms. The number of aliphatic imine (C=N–C) groups is 1. The molecule has 0 aliphatic carbocycles. The van der Waals surface area contributed by atoms with Crippen molar-refractivity contribution in [1.29, 1.82) is 0 Å². The summed E-state index contributed by atoms with van der Waals surface area (Å²) >= 11 is 1.31. The Balaban J connectivity index is 2.46. The van der Waals surface area contributed by atoms with Crippen LogP contribution in [0.4, 0.5) is 4.79 Å². The Bertz CT molecular complexity index is 666. The van der Waals surface area contributed by atoms with Crippen LogP contribution >= 0.6 is 11.8 Å². The van der Waals surface area contributed by atoms with Crippen LogP contribution in [0.5, 0.6) is 0 Å². The van der Waals surface area contributed by atoms with Gasteiger partial charge in [0, 0.05) is 4.91 Å². The number of methoxy groups -OCH3 is 1. The van der Waals surface area contributed by atoms with Gasteiger partial charge in [-0.1, -0.05) is 6.92 Å². The number of fused-ring (bicyclic) bond motifs is 1. The van der Waals surface area contributed by atoms with E-state index in [1.54, 1.807) is 13.3 Å². The summed E-state index contributed by atoms with van der Waals surface area (Å²) in [6, 6.07) is -0.415. The van der Waals surface area contributed by atoms with E-state index in [9.17, 15) is 14.4 Å². The molecular weight excluding hydrogens is 318 g/mol. The average molecular weight is 338 g/mol. The summed E-state index contributed by atoms with van der Waals surface area (Å²) in [7, 11) is 4.38. The molecule has 2 aliphatic heterocycles. The van der Waals surface area contributed by atoms with Crippen molar-refractivity contribution in [2.24, 2.45) is 10.9 Å². The first kappa shape index (κ1) is 17.4. The zero-order chi connectivity index (χ0) is 17.3. The number of amidine groups is 1. The maximum atomic E-state index is 12.6. The molecule has 2 aliphatic rings. The lowest BCUT2D eigenvalue weighted by molar-refractivity contribution is -0.407. The topological polar surface area (TPSA) is 79.0 Å². The number of esters is 1. The summed E-state index contributed by atoms with van der Waals surface area (Å²) in [4.78, 5) is 42.6. The molecule has 124 valence electrons. The summed E-state index contributed by atoms with van der Waals surface area (Å²) in [5.41, 5.74) is 0.815. The van der Waals surface area contributed by atoms with E-state index in [0.717, 1.165) is 15.4 Å². The molecule has 0 N–H and O–H groups in total. The molecule has 0 radical (unpaired) electrons. The number of carbonyl (C=O) groups excluding carboxylic acids is 3. The van der Waals surface area contributed by atoms with Crippen LogP contribution in [0, 0.1) is 5.92 Å². The Hall–Kier alpha value is -1.96. The second-order valence-corrected chi connectivity index (χ2v) is 6.62. The minimum Gasteiger partial charge on any atom is -0.468 e. The normalized spacial score (nSPS) is 22.5. The highest BCUT2D eigenvalue weighted by atomic mass is 32.2. The van der Waals surface area contributed by atoms with Crippen LogP contribution in [-0.2, 0) is 14.3 Å². The Kier molecular flexibility index (Phi) is 5.03. The standard InChI is InChI=1S/C15H20N3O4S/c1-6-9(14(20)22-5)23-11-8(2)7-16-12-10(11)13(19)18(4)15(21)17(12)3/h7,9-10H,6H2,1-5H3/q+1. The lowest BCUT2D eigenvalue weighted by Gasteiger charge is -2.28. The van der Waals surface area contributed by atoms with Crippen molar-refractivity contribution >= 4 is 41.7 Å². The molecule has 0 aromatic heterocycles. The van der Waals surface area contributed by atoms with Crippen LogP contribution in [-0.4, -0.2) is 65.9 Å². The van der Waals surface area contributed by atoms with Crippen molar-refractivity contribution in [2.75, 3.05) is 21.2 Å².